The number of hydrogen-bond acceptors (Lipinski definition) is 1. The third-order valence-electron chi connectivity index (χ3n) is 4.64. The van der Waals surface area contributed by atoms with E-state index in [1.165, 1.54) is 51.4 Å². The van der Waals surface area contributed by atoms with Gasteiger partial charge in [0.2, 0.25) is 0 Å². The fourth-order valence-electron chi connectivity index (χ4n) is 3.09. The van der Waals surface area contributed by atoms with Gasteiger partial charge in [-0.25, -0.2) is 0 Å². The first-order chi connectivity index (χ1) is 10.1. The normalized spacial score (nSPS) is 14.1. The van der Waals surface area contributed by atoms with Crippen LogP contribution in [0.15, 0.2) is 18.2 Å². The van der Waals surface area contributed by atoms with Gasteiger partial charge in [0.15, 0.2) is 0 Å². The average molecular weight is 290 g/mol. The molecule has 1 heteroatoms. The van der Waals surface area contributed by atoms with Crippen LogP contribution in [0.5, 0.6) is 5.75 Å². The number of unbranched alkanes of at least 4 members (excludes halogenated alkanes) is 4. The van der Waals surface area contributed by atoms with Gasteiger partial charge in [-0.15, -0.1) is 0 Å². The van der Waals surface area contributed by atoms with Crippen LogP contribution >= 0.6 is 0 Å². The van der Waals surface area contributed by atoms with Crippen molar-refractivity contribution in [3.05, 3.63) is 29.3 Å². The Labute approximate surface area is 131 Å². The van der Waals surface area contributed by atoms with Crippen molar-refractivity contribution in [2.45, 2.75) is 90.9 Å². The minimum absolute atomic E-state index is 0.458. The van der Waals surface area contributed by atoms with Crippen molar-refractivity contribution < 1.29 is 5.11 Å². The van der Waals surface area contributed by atoms with Gasteiger partial charge in [-0.1, -0.05) is 84.4 Å². The molecule has 0 amide bonds. The molecular weight excluding hydrogens is 256 g/mol. The van der Waals surface area contributed by atoms with Crippen molar-refractivity contribution in [2.24, 2.45) is 0 Å². The zero-order valence-electron chi connectivity index (χ0n) is 14.5. The molecule has 1 nitrogen and oxygen atoms in total. The third-order valence-corrected chi connectivity index (χ3v) is 4.64. The summed E-state index contributed by atoms with van der Waals surface area (Å²) in [6, 6.07) is 6.33. The van der Waals surface area contributed by atoms with Gasteiger partial charge < -0.3 is 5.11 Å². The Morgan fingerprint density at radius 3 is 1.62 bits per heavy atom. The quantitative estimate of drug-likeness (QED) is 0.472. The van der Waals surface area contributed by atoms with E-state index in [0.717, 1.165) is 11.1 Å². The Kier molecular flexibility index (Phi) is 8.49. The molecule has 1 aromatic carbocycles. The Bertz CT molecular complexity index is 363. The number of hydrogen-bond donors (Lipinski definition) is 1. The SMILES string of the molecule is CCCCCC(C)c1cccc(C(C)CCCCC)c1O. The van der Waals surface area contributed by atoms with Crippen LogP contribution in [-0.2, 0) is 0 Å². The first kappa shape index (κ1) is 18.1. The van der Waals surface area contributed by atoms with Gasteiger partial charge in [0, 0.05) is 0 Å². The fourth-order valence-corrected chi connectivity index (χ4v) is 3.09. The molecule has 0 heterocycles. The lowest BCUT2D eigenvalue weighted by Gasteiger charge is -2.19. The van der Waals surface area contributed by atoms with Crippen molar-refractivity contribution in [3.63, 3.8) is 0 Å². The molecule has 0 aliphatic heterocycles. The second-order valence-electron chi connectivity index (χ2n) is 6.58. The molecule has 120 valence electrons. The standard InChI is InChI=1S/C20H34O/c1-5-7-9-12-16(3)18-14-11-15-19(20(18)21)17(4)13-10-8-6-2/h11,14-17,21H,5-10,12-13H2,1-4H3. The van der Waals surface area contributed by atoms with Crippen LogP contribution in [-0.4, -0.2) is 5.11 Å². The molecule has 1 N–H and O–H groups in total. The Hall–Kier alpha value is -0.980. The van der Waals surface area contributed by atoms with Crippen LogP contribution in [0.3, 0.4) is 0 Å². The molecule has 21 heavy (non-hydrogen) atoms. The highest BCUT2D eigenvalue weighted by Gasteiger charge is 2.16. The molecule has 0 spiro atoms. The predicted octanol–water partition coefficient (Wildman–Crippen LogP) is 6.76. The van der Waals surface area contributed by atoms with E-state index in [2.05, 4.69) is 45.9 Å². The van der Waals surface area contributed by atoms with Crippen LogP contribution in [0.1, 0.15) is 102 Å². The van der Waals surface area contributed by atoms with Gasteiger partial charge in [-0.3, -0.25) is 0 Å². The number of rotatable bonds is 10. The molecule has 2 atom stereocenters. The monoisotopic (exact) mass is 290 g/mol. The minimum Gasteiger partial charge on any atom is -0.507 e. The van der Waals surface area contributed by atoms with Gasteiger partial charge in [-0.2, -0.15) is 0 Å². The summed E-state index contributed by atoms with van der Waals surface area (Å²) >= 11 is 0. The summed E-state index contributed by atoms with van der Waals surface area (Å²) in [6.45, 7) is 8.97. The smallest absolute Gasteiger partial charge is 0.122 e. The fraction of sp³-hybridized carbons (Fsp3) is 0.700. The molecule has 0 aliphatic rings. The number of aromatic hydroxyl groups is 1. The highest BCUT2D eigenvalue weighted by Crippen LogP contribution is 2.37. The molecule has 0 aromatic heterocycles. The van der Waals surface area contributed by atoms with E-state index in [9.17, 15) is 5.11 Å². The number of phenols is 1. The van der Waals surface area contributed by atoms with E-state index in [-0.39, 0.29) is 0 Å². The molecule has 1 rings (SSSR count). The highest BCUT2D eigenvalue weighted by molar-refractivity contribution is 5.44. The van der Waals surface area contributed by atoms with Gasteiger partial charge in [0.05, 0.1) is 0 Å². The average Bonchev–Trinajstić information content (AvgIpc) is 2.47. The van der Waals surface area contributed by atoms with Crippen molar-refractivity contribution in [1.82, 2.24) is 0 Å². The number of phenolic OH excluding ortho intramolecular Hbond substituents is 1. The molecule has 0 aliphatic carbocycles. The summed E-state index contributed by atoms with van der Waals surface area (Å²) in [5, 5.41) is 10.6. The first-order valence-corrected chi connectivity index (χ1v) is 8.93. The Morgan fingerprint density at radius 1 is 0.810 bits per heavy atom. The highest BCUT2D eigenvalue weighted by atomic mass is 16.3. The zero-order valence-corrected chi connectivity index (χ0v) is 14.5. The largest absolute Gasteiger partial charge is 0.507 e. The van der Waals surface area contributed by atoms with Crippen LogP contribution < -0.4 is 0 Å². The van der Waals surface area contributed by atoms with E-state index < -0.39 is 0 Å². The Balaban J connectivity index is 2.72. The van der Waals surface area contributed by atoms with Crippen molar-refractivity contribution in [1.29, 1.82) is 0 Å². The topological polar surface area (TPSA) is 20.2 Å². The van der Waals surface area contributed by atoms with Crippen LogP contribution in [0, 0.1) is 0 Å². The summed E-state index contributed by atoms with van der Waals surface area (Å²) in [5.74, 6) is 1.48. The van der Waals surface area contributed by atoms with Gasteiger partial charge in [0.25, 0.3) is 0 Å². The molecule has 1 aromatic rings. The van der Waals surface area contributed by atoms with Crippen molar-refractivity contribution >= 4 is 0 Å². The molecule has 0 radical (unpaired) electrons. The molecule has 0 saturated heterocycles. The second-order valence-corrected chi connectivity index (χ2v) is 6.58. The zero-order chi connectivity index (χ0) is 15.7. The van der Waals surface area contributed by atoms with Gasteiger partial charge in [0.1, 0.15) is 5.75 Å². The number of para-hydroxylation sites is 1. The molecule has 0 saturated carbocycles. The summed E-state index contributed by atoms with van der Waals surface area (Å²) < 4.78 is 0. The van der Waals surface area contributed by atoms with E-state index in [0.29, 0.717) is 17.6 Å². The maximum Gasteiger partial charge on any atom is 0.122 e. The lowest BCUT2D eigenvalue weighted by Crippen LogP contribution is -2.00. The molecule has 2 unspecified atom stereocenters. The summed E-state index contributed by atoms with van der Waals surface area (Å²) in [5.41, 5.74) is 2.29. The van der Waals surface area contributed by atoms with Crippen LogP contribution in [0.25, 0.3) is 0 Å². The van der Waals surface area contributed by atoms with Crippen LogP contribution in [0.2, 0.25) is 0 Å². The Morgan fingerprint density at radius 2 is 1.24 bits per heavy atom. The molecule has 0 bridgehead atoms. The molecule has 0 fully saturated rings. The lowest BCUT2D eigenvalue weighted by molar-refractivity contribution is 0.443. The van der Waals surface area contributed by atoms with Crippen molar-refractivity contribution in [3.8, 4) is 5.75 Å². The van der Waals surface area contributed by atoms with Crippen LogP contribution in [0.4, 0.5) is 0 Å². The lowest BCUT2D eigenvalue weighted by atomic mass is 9.88. The van der Waals surface area contributed by atoms with E-state index in [1.54, 1.807) is 0 Å². The molecular formula is C20H34O. The van der Waals surface area contributed by atoms with Gasteiger partial charge >= 0.3 is 0 Å². The summed E-state index contributed by atoms with van der Waals surface area (Å²) in [7, 11) is 0. The van der Waals surface area contributed by atoms with E-state index in [4.69, 9.17) is 0 Å². The number of benzene rings is 1. The summed E-state index contributed by atoms with van der Waals surface area (Å²) in [4.78, 5) is 0. The predicted molar refractivity (Wildman–Crippen MR) is 93.2 cm³/mol. The maximum atomic E-state index is 10.6. The van der Waals surface area contributed by atoms with E-state index >= 15 is 0 Å². The first-order valence-electron chi connectivity index (χ1n) is 8.93. The summed E-state index contributed by atoms with van der Waals surface area (Å²) in [6.07, 6.45) is 9.96. The third kappa shape index (κ3) is 5.73. The van der Waals surface area contributed by atoms with E-state index in [1.807, 2.05) is 0 Å². The minimum atomic E-state index is 0.458. The van der Waals surface area contributed by atoms with Crippen molar-refractivity contribution in [2.75, 3.05) is 0 Å². The second kappa shape index (κ2) is 9.87. The van der Waals surface area contributed by atoms with Gasteiger partial charge in [-0.05, 0) is 35.8 Å². The maximum absolute atomic E-state index is 10.6.